The first-order chi connectivity index (χ1) is 12.4. The number of hydrogen-bond donors (Lipinski definition) is 1. The van der Waals surface area contributed by atoms with Gasteiger partial charge < -0.3 is 5.11 Å². The Morgan fingerprint density at radius 2 is 1.27 bits per heavy atom. The average Bonchev–Trinajstić information content (AvgIpc) is 2.64. The zero-order valence-corrected chi connectivity index (χ0v) is 13.7. The van der Waals surface area contributed by atoms with E-state index in [0.717, 1.165) is 0 Å². The second-order valence-corrected chi connectivity index (χ2v) is 6.08. The third kappa shape index (κ3) is 4.10. The molecule has 0 aromatic heterocycles. The highest BCUT2D eigenvalue weighted by molar-refractivity contribution is 7.85. The average molecular weight is 384 g/mol. The summed E-state index contributed by atoms with van der Waals surface area (Å²) >= 11 is 0. The highest BCUT2D eigenvalue weighted by atomic mass is 32.2. The number of halogens is 5. The van der Waals surface area contributed by atoms with Gasteiger partial charge in [0, 0.05) is 11.1 Å². The monoisotopic (exact) mass is 384 g/mol. The van der Waals surface area contributed by atoms with Crippen molar-refractivity contribution >= 4 is 10.8 Å². The highest BCUT2D eigenvalue weighted by Gasteiger charge is 2.28. The van der Waals surface area contributed by atoms with Gasteiger partial charge in [-0.1, -0.05) is 35.8 Å². The van der Waals surface area contributed by atoms with E-state index in [2.05, 4.69) is 23.7 Å². The van der Waals surface area contributed by atoms with Crippen molar-refractivity contribution in [3.8, 4) is 23.7 Å². The topological polar surface area (TPSA) is 37.3 Å². The quantitative estimate of drug-likeness (QED) is 0.374. The number of rotatable bonds is 2. The van der Waals surface area contributed by atoms with Crippen molar-refractivity contribution in [3.05, 3.63) is 64.5 Å². The lowest BCUT2D eigenvalue weighted by atomic mass is 10.1. The van der Waals surface area contributed by atoms with Crippen LogP contribution < -0.4 is 0 Å². The van der Waals surface area contributed by atoms with Gasteiger partial charge in [0.05, 0.1) is 16.6 Å². The fourth-order valence-corrected chi connectivity index (χ4v) is 2.82. The van der Waals surface area contributed by atoms with Gasteiger partial charge in [0.25, 0.3) is 0 Å². The van der Waals surface area contributed by atoms with E-state index in [1.54, 1.807) is 24.3 Å². The highest BCUT2D eigenvalue weighted by Crippen LogP contribution is 2.25. The molecule has 2 aromatic rings. The summed E-state index contributed by atoms with van der Waals surface area (Å²) in [4.78, 5) is -1.41. The summed E-state index contributed by atoms with van der Waals surface area (Å²) in [6.45, 7) is -0.369. The first kappa shape index (κ1) is 19.6. The van der Waals surface area contributed by atoms with E-state index in [4.69, 9.17) is 5.11 Å². The Labute approximate surface area is 148 Å². The van der Waals surface area contributed by atoms with Crippen LogP contribution in [0, 0.1) is 52.8 Å². The molecular formula is C18H9F5O2S. The smallest absolute Gasteiger partial charge is 0.200 e. The Bertz CT molecular complexity index is 967. The standard InChI is InChI=1S/C18H9F5O2S/c19-13-14(20)16(22)18(17(23)15(13)21)26(25)10-4-8-12-6-2-1-5-11(12)7-3-9-24/h1-2,5-6,24H,9-10H2. The van der Waals surface area contributed by atoms with E-state index in [-0.39, 0.29) is 6.61 Å². The molecule has 0 heterocycles. The Morgan fingerprint density at radius 1 is 0.808 bits per heavy atom. The van der Waals surface area contributed by atoms with Crippen LogP contribution in [0.5, 0.6) is 0 Å². The van der Waals surface area contributed by atoms with Crippen molar-refractivity contribution in [1.29, 1.82) is 0 Å². The third-order valence-corrected chi connectivity index (χ3v) is 4.27. The largest absolute Gasteiger partial charge is 0.384 e. The Morgan fingerprint density at radius 3 is 1.77 bits per heavy atom. The maximum Gasteiger partial charge on any atom is 0.200 e. The number of aliphatic hydroxyl groups is 1. The van der Waals surface area contributed by atoms with E-state index in [1.165, 1.54) is 0 Å². The second-order valence-electron chi connectivity index (χ2n) is 4.70. The van der Waals surface area contributed by atoms with Crippen LogP contribution in [-0.4, -0.2) is 21.7 Å². The molecule has 134 valence electrons. The summed E-state index contributed by atoms with van der Waals surface area (Å²) in [5.41, 5.74) is 0.846. The second kappa shape index (κ2) is 8.61. The van der Waals surface area contributed by atoms with Gasteiger partial charge in [-0.15, -0.1) is 0 Å². The van der Waals surface area contributed by atoms with E-state index >= 15 is 0 Å². The molecular weight excluding hydrogens is 375 g/mol. The van der Waals surface area contributed by atoms with E-state index < -0.39 is 50.5 Å². The summed E-state index contributed by atoms with van der Waals surface area (Å²) in [6.07, 6.45) is 0. The molecule has 0 aliphatic carbocycles. The van der Waals surface area contributed by atoms with E-state index in [9.17, 15) is 26.2 Å². The molecule has 1 atom stereocenters. The molecule has 0 saturated heterocycles. The van der Waals surface area contributed by atoms with Crippen LogP contribution in [0.1, 0.15) is 11.1 Å². The van der Waals surface area contributed by atoms with Crippen LogP contribution in [0.3, 0.4) is 0 Å². The van der Waals surface area contributed by atoms with Crippen LogP contribution in [0.25, 0.3) is 0 Å². The zero-order chi connectivity index (χ0) is 19.3. The molecule has 0 amide bonds. The minimum Gasteiger partial charge on any atom is -0.384 e. The van der Waals surface area contributed by atoms with Crippen molar-refractivity contribution in [1.82, 2.24) is 0 Å². The minimum atomic E-state index is -2.57. The molecule has 1 N–H and O–H groups in total. The van der Waals surface area contributed by atoms with Crippen molar-refractivity contribution in [2.75, 3.05) is 12.4 Å². The number of benzene rings is 2. The fourth-order valence-electron chi connectivity index (χ4n) is 1.89. The molecule has 0 spiro atoms. The first-order valence-corrected chi connectivity index (χ1v) is 8.27. The van der Waals surface area contributed by atoms with Gasteiger partial charge in [-0.2, -0.15) is 0 Å². The van der Waals surface area contributed by atoms with Crippen LogP contribution in [0.15, 0.2) is 29.2 Å². The van der Waals surface area contributed by atoms with Crippen LogP contribution >= 0.6 is 0 Å². The summed E-state index contributed by atoms with van der Waals surface area (Å²) in [5.74, 6) is -1.58. The maximum absolute atomic E-state index is 13.6. The predicted molar refractivity (Wildman–Crippen MR) is 84.8 cm³/mol. The minimum absolute atomic E-state index is 0.369. The van der Waals surface area contributed by atoms with Crippen molar-refractivity contribution in [3.63, 3.8) is 0 Å². The predicted octanol–water partition coefficient (Wildman–Crippen LogP) is 2.89. The fraction of sp³-hybridized carbons (Fsp3) is 0.111. The normalized spacial score (nSPS) is 11.2. The summed E-state index contributed by atoms with van der Waals surface area (Å²) in [5, 5.41) is 8.70. The lowest BCUT2D eigenvalue weighted by Crippen LogP contribution is -2.10. The molecule has 1 unspecified atom stereocenters. The molecule has 0 saturated carbocycles. The molecule has 0 aliphatic rings. The van der Waals surface area contributed by atoms with Gasteiger partial charge in [0.15, 0.2) is 23.3 Å². The molecule has 0 radical (unpaired) electrons. The van der Waals surface area contributed by atoms with E-state index in [1.807, 2.05) is 0 Å². The van der Waals surface area contributed by atoms with Gasteiger partial charge in [-0.25, -0.2) is 22.0 Å². The molecule has 0 bridgehead atoms. The first-order valence-electron chi connectivity index (χ1n) is 6.96. The molecule has 2 rings (SSSR count). The van der Waals surface area contributed by atoms with Gasteiger partial charge >= 0.3 is 0 Å². The van der Waals surface area contributed by atoms with Gasteiger partial charge in [-0.05, 0) is 12.1 Å². The van der Waals surface area contributed by atoms with Crippen molar-refractivity contribution in [2.24, 2.45) is 0 Å². The Kier molecular flexibility index (Phi) is 6.51. The van der Waals surface area contributed by atoms with Crippen LogP contribution in [-0.2, 0) is 10.8 Å². The van der Waals surface area contributed by atoms with Gasteiger partial charge in [0.2, 0.25) is 5.82 Å². The SMILES string of the molecule is O=S(CC#Cc1ccccc1C#CCO)c1c(F)c(F)c(F)c(F)c1F. The Hall–Kier alpha value is -2.68. The molecule has 0 aliphatic heterocycles. The van der Waals surface area contributed by atoms with Crippen LogP contribution in [0.2, 0.25) is 0 Å². The van der Waals surface area contributed by atoms with Crippen molar-refractivity contribution < 1.29 is 31.3 Å². The lowest BCUT2D eigenvalue weighted by Gasteiger charge is -2.06. The molecule has 26 heavy (non-hydrogen) atoms. The van der Waals surface area contributed by atoms with Gasteiger partial charge in [0.1, 0.15) is 11.5 Å². The molecule has 2 aromatic carbocycles. The Balaban J connectivity index is 2.32. The van der Waals surface area contributed by atoms with Crippen LogP contribution in [0.4, 0.5) is 22.0 Å². The van der Waals surface area contributed by atoms with E-state index in [0.29, 0.717) is 11.1 Å². The zero-order valence-electron chi connectivity index (χ0n) is 12.9. The molecule has 8 heteroatoms. The summed E-state index contributed by atoms with van der Waals surface area (Å²) in [7, 11) is -2.57. The number of hydrogen-bond acceptors (Lipinski definition) is 2. The summed E-state index contributed by atoms with van der Waals surface area (Å²) in [6, 6.07) is 6.47. The van der Waals surface area contributed by atoms with Crippen molar-refractivity contribution in [2.45, 2.75) is 4.90 Å². The molecule has 0 fully saturated rings. The molecule has 2 nitrogen and oxygen atoms in total. The number of aliphatic hydroxyl groups excluding tert-OH is 1. The summed E-state index contributed by atoms with van der Waals surface area (Å²) < 4.78 is 78.5. The third-order valence-electron chi connectivity index (χ3n) is 3.05. The maximum atomic E-state index is 13.6. The lowest BCUT2D eigenvalue weighted by molar-refractivity contribution is 0.350. The van der Waals surface area contributed by atoms with Gasteiger partial charge in [-0.3, -0.25) is 4.21 Å².